The van der Waals surface area contributed by atoms with E-state index in [-0.39, 0.29) is 11.9 Å². The molecule has 0 spiro atoms. The van der Waals surface area contributed by atoms with Crippen molar-refractivity contribution in [2.45, 2.75) is 37.1 Å². The molecule has 2 aromatic carbocycles. The van der Waals surface area contributed by atoms with Gasteiger partial charge in [0.15, 0.2) is 0 Å². The van der Waals surface area contributed by atoms with Crippen LogP contribution < -0.4 is 5.76 Å². The molecule has 160 valence electrons. The van der Waals surface area contributed by atoms with Crippen molar-refractivity contribution in [2.75, 3.05) is 13.1 Å². The summed E-state index contributed by atoms with van der Waals surface area (Å²) in [5.41, 5.74) is 1.08. The average molecular weight is 458 g/mol. The maximum absolute atomic E-state index is 13.4. The molecule has 1 aliphatic carbocycles. The van der Waals surface area contributed by atoms with E-state index in [1.807, 2.05) is 41.3 Å². The Bertz CT molecular complexity index is 1180. The Hall–Kier alpha value is -2.57. The quantitative estimate of drug-likeness (QED) is 0.568. The van der Waals surface area contributed by atoms with Crippen molar-refractivity contribution >= 4 is 29.1 Å². The number of hydrogen-bond acceptors (Lipinski definition) is 4. The largest absolute Gasteiger partial charge is 0.437 e. The molecule has 1 aliphatic heterocycles. The smallest absolute Gasteiger partial charge is 0.388 e. The van der Waals surface area contributed by atoms with Crippen LogP contribution in [0.3, 0.4) is 0 Å². The predicted molar refractivity (Wildman–Crippen MR) is 118 cm³/mol. The van der Waals surface area contributed by atoms with Crippen molar-refractivity contribution in [3.63, 3.8) is 0 Å². The molecule has 1 saturated carbocycles. The molecule has 1 amide bonds. The second kappa shape index (κ2) is 7.84. The van der Waals surface area contributed by atoms with Crippen molar-refractivity contribution in [1.82, 2.24) is 14.7 Å². The molecular formula is C23H21Cl2N3O3. The molecule has 0 N–H and O–H groups in total. The van der Waals surface area contributed by atoms with E-state index in [0.29, 0.717) is 41.9 Å². The molecule has 5 rings (SSSR count). The van der Waals surface area contributed by atoms with Gasteiger partial charge < -0.3 is 9.32 Å². The third kappa shape index (κ3) is 3.68. The lowest BCUT2D eigenvalue weighted by Gasteiger charge is -2.34. The first-order valence-electron chi connectivity index (χ1n) is 10.4. The summed E-state index contributed by atoms with van der Waals surface area (Å²) < 4.78 is 6.79. The summed E-state index contributed by atoms with van der Waals surface area (Å²) in [6.07, 6.45) is 2.88. The van der Waals surface area contributed by atoms with E-state index in [9.17, 15) is 9.59 Å². The highest BCUT2D eigenvalue weighted by Gasteiger charge is 2.54. The van der Waals surface area contributed by atoms with Crippen molar-refractivity contribution in [3.05, 3.63) is 74.7 Å². The summed E-state index contributed by atoms with van der Waals surface area (Å²) in [4.78, 5) is 27.6. The van der Waals surface area contributed by atoms with E-state index < -0.39 is 11.2 Å². The van der Waals surface area contributed by atoms with Crippen LogP contribution in [0.2, 0.25) is 10.0 Å². The number of nitrogens with zero attached hydrogens (tertiary/aromatic N) is 3. The number of aromatic nitrogens is 2. The number of halogens is 2. The first-order valence-corrected chi connectivity index (χ1v) is 11.1. The Morgan fingerprint density at radius 1 is 1.06 bits per heavy atom. The molecule has 3 aromatic rings. The van der Waals surface area contributed by atoms with E-state index >= 15 is 0 Å². The summed E-state index contributed by atoms with van der Waals surface area (Å²) in [6, 6.07) is 14.6. The lowest BCUT2D eigenvalue weighted by molar-refractivity contribution is -0.135. The number of carbonyl (C=O) groups is 1. The topological polar surface area (TPSA) is 68.3 Å². The number of likely N-dealkylation sites (tertiary alicyclic amines) is 1. The van der Waals surface area contributed by atoms with Gasteiger partial charge in [-0.15, -0.1) is 5.10 Å². The van der Waals surface area contributed by atoms with Crippen LogP contribution in [0.1, 0.15) is 37.3 Å². The van der Waals surface area contributed by atoms with Gasteiger partial charge in [-0.2, -0.15) is 4.68 Å². The van der Waals surface area contributed by atoms with Gasteiger partial charge in [0.2, 0.25) is 11.8 Å². The molecule has 8 heteroatoms. The highest BCUT2D eigenvalue weighted by atomic mass is 35.5. The molecule has 1 saturated heterocycles. The Morgan fingerprint density at radius 2 is 1.77 bits per heavy atom. The van der Waals surface area contributed by atoms with Gasteiger partial charge in [0.25, 0.3) is 0 Å². The molecule has 6 nitrogen and oxygen atoms in total. The van der Waals surface area contributed by atoms with Crippen molar-refractivity contribution in [2.24, 2.45) is 0 Å². The van der Waals surface area contributed by atoms with Crippen molar-refractivity contribution < 1.29 is 9.21 Å². The summed E-state index contributed by atoms with van der Waals surface area (Å²) in [7, 11) is 0. The summed E-state index contributed by atoms with van der Waals surface area (Å²) in [5.74, 6) is -0.0405. The molecule has 0 unspecified atom stereocenters. The van der Waals surface area contributed by atoms with Gasteiger partial charge in [-0.1, -0.05) is 47.5 Å². The minimum absolute atomic E-state index is 0.0907. The fourth-order valence-electron chi connectivity index (χ4n) is 4.43. The van der Waals surface area contributed by atoms with Crippen LogP contribution in [0, 0.1) is 0 Å². The maximum atomic E-state index is 13.4. The number of amides is 1. The molecule has 2 aliphatic rings. The molecule has 1 aromatic heterocycles. The number of carbonyl (C=O) groups excluding carboxylic acids is 1. The number of benzene rings is 2. The molecule has 0 atom stereocenters. The monoisotopic (exact) mass is 457 g/mol. The summed E-state index contributed by atoms with van der Waals surface area (Å²) in [5, 5.41) is 5.50. The molecular weight excluding hydrogens is 437 g/mol. The second-order valence-corrected chi connectivity index (χ2v) is 9.06. The zero-order valence-electron chi connectivity index (χ0n) is 16.8. The first-order chi connectivity index (χ1) is 15.0. The van der Waals surface area contributed by atoms with Crippen LogP contribution in [0.15, 0.2) is 57.7 Å². The normalized spacial score (nSPS) is 18.2. The fraction of sp³-hybridized carbons (Fsp3) is 0.348. The van der Waals surface area contributed by atoms with Crippen LogP contribution in [-0.2, 0) is 10.2 Å². The average Bonchev–Trinajstić information content (AvgIpc) is 3.49. The van der Waals surface area contributed by atoms with Gasteiger partial charge in [0, 0.05) is 28.7 Å². The molecule has 0 radical (unpaired) electrons. The lowest BCUT2D eigenvalue weighted by atomic mass is 9.92. The lowest BCUT2D eigenvalue weighted by Crippen LogP contribution is -2.45. The van der Waals surface area contributed by atoms with Gasteiger partial charge in [0.05, 0.1) is 11.5 Å². The molecule has 2 heterocycles. The SMILES string of the molecule is O=C(N1CCC(n2nc(-c3ccccc3)oc2=O)CC1)C1(c2ccc(Cl)cc2Cl)CC1. The van der Waals surface area contributed by atoms with Crippen LogP contribution in [0.5, 0.6) is 0 Å². The van der Waals surface area contributed by atoms with Crippen LogP contribution in [0.25, 0.3) is 11.5 Å². The van der Waals surface area contributed by atoms with Gasteiger partial charge in [-0.25, -0.2) is 4.79 Å². The van der Waals surface area contributed by atoms with E-state index in [2.05, 4.69) is 5.10 Å². The Balaban J connectivity index is 1.29. The standard InChI is InChI=1S/C23H21Cl2N3O3/c24-16-6-7-18(19(25)14-16)23(10-11-23)21(29)27-12-8-17(9-13-27)28-22(30)31-20(26-28)15-4-2-1-3-5-15/h1-7,14,17H,8-13H2. The van der Waals surface area contributed by atoms with Gasteiger partial charge >= 0.3 is 5.76 Å². The third-order valence-corrected chi connectivity index (χ3v) is 6.84. The zero-order valence-corrected chi connectivity index (χ0v) is 18.3. The predicted octanol–water partition coefficient (Wildman–Crippen LogP) is 4.71. The van der Waals surface area contributed by atoms with Crippen molar-refractivity contribution in [3.8, 4) is 11.5 Å². The van der Waals surface area contributed by atoms with E-state index in [4.69, 9.17) is 27.6 Å². The maximum Gasteiger partial charge on any atom is 0.437 e. The van der Waals surface area contributed by atoms with Crippen LogP contribution >= 0.6 is 23.2 Å². The highest BCUT2D eigenvalue weighted by molar-refractivity contribution is 6.35. The third-order valence-electron chi connectivity index (χ3n) is 6.29. The summed E-state index contributed by atoms with van der Waals surface area (Å²) in [6.45, 7) is 1.13. The Morgan fingerprint density at radius 3 is 2.42 bits per heavy atom. The first kappa shape index (κ1) is 20.3. The Labute approximate surface area is 189 Å². The van der Waals surface area contributed by atoms with Gasteiger partial charge in [-0.05, 0) is 55.5 Å². The molecule has 2 fully saturated rings. The fourth-order valence-corrected chi connectivity index (χ4v) is 5.02. The number of piperidine rings is 1. The van der Waals surface area contributed by atoms with Crippen LogP contribution in [0.4, 0.5) is 0 Å². The number of rotatable bonds is 4. The molecule has 31 heavy (non-hydrogen) atoms. The second-order valence-electron chi connectivity index (χ2n) is 8.21. The Kier molecular flexibility index (Phi) is 5.15. The van der Waals surface area contributed by atoms with E-state index in [1.54, 1.807) is 12.1 Å². The van der Waals surface area contributed by atoms with Crippen molar-refractivity contribution in [1.29, 1.82) is 0 Å². The van der Waals surface area contributed by atoms with E-state index in [1.165, 1.54) is 4.68 Å². The van der Waals surface area contributed by atoms with Gasteiger partial charge in [0.1, 0.15) is 0 Å². The van der Waals surface area contributed by atoms with Gasteiger partial charge in [-0.3, -0.25) is 4.79 Å². The zero-order chi connectivity index (χ0) is 21.6. The highest BCUT2D eigenvalue weighted by Crippen LogP contribution is 2.52. The van der Waals surface area contributed by atoms with E-state index in [0.717, 1.165) is 24.0 Å². The van der Waals surface area contributed by atoms with Crippen LogP contribution in [-0.4, -0.2) is 33.7 Å². The minimum Gasteiger partial charge on any atom is -0.388 e. The minimum atomic E-state index is -0.542. The number of hydrogen-bond donors (Lipinski definition) is 0. The molecule has 0 bridgehead atoms. The summed E-state index contributed by atoms with van der Waals surface area (Å²) >= 11 is 12.4.